The van der Waals surface area contributed by atoms with E-state index in [0.29, 0.717) is 23.7 Å². The lowest BCUT2D eigenvalue weighted by atomic mass is 9.97. The number of nitrogens with one attached hydrogen (secondary N) is 1. The molecule has 2 aromatic rings. The Labute approximate surface area is 189 Å². The number of aryl methyl sites for hydroxylation is 1. The molecule has 0 atom stereocenters. The normalized spacial score (nSPS) is 16.5. The summed E-state index contributed by atoms with van der Waals surface area (Å²) in [7, 11) is -3.58. The number of hydrogen-bond acceptors (Lipinski definition) is 3. The molecule has 1 aliphatic carbocycles. The van der Waals surface area contributed by atoms with Crippen LogP contribution in [0.4, 0.5) is 5.69 Å². The molecule has 7 heteroatoms. The average molecular weight is 459 g/mol. The number of benzene rings is 2. The lowest BCUT2D eigenvalue weighted by Crippen LogP contribution is -2.35. The Morgan fingerprint density at radius 2 is 1.84 bits per heavy atom. The molecular weight excluding hydrogens is 432 g/mol. The van der Waals surface area contributed by atoms with Crippen LogP contribution in [0.25, 0.3) is 0 Å². The molecule has 2 aromatic carbocycles. The van der Waals surface area contributed by atoms with Crippen molar-refractivity contribution >= 4 is 33.2 Å². The van der Waals surface area contributed by atoms with E-state index in [0.717, 1.165) is 43.4 Å². The number of rotatable bonds is 6. The minimum atomic E-state index is -3.58. The maximum absolute atomic E-state index is 13.0. The summed E-state index contributed by atoms with van der Waals surface area (Å²) < 4.78 is 28.3. The van der Waals surface area contributed by atoms with E-state index in [2.05, 4.69) is 10.8 Å². The molecule has 1 N–H and O–H groups in total. The monoisotopic (exact) mass is 458 g/mol. The highest BCUT2D eigenvalue weighted by Crippen LogP contribution is 2.31. The summed E-state index contributed by atoms with van der Waals surface area (Å²) in [5.74, 6) is -0.105. The molecule has 31 heavy (non-hydrogen) atoms. The average Bonchev–Trinajstić information content (AvgIpc) is 2.79. The molecule has 0 radical (unpaired) electrons. The number of sulfonamides is 1. The Hall–Kier alpha value is -2.15. The third-order valence-electron chi connectivity index (χ3n) is 5.94. The van der Waals surface area contributed by atoms with E-state index in [1.807, 2.05) is 0 Å². The van der Waals surface area contributed by atoms with Crippen molar-refractivity contribution < 1.29 is 13.2 Å². The molecular formula is C24H27ClN2O3S. The molecule has 0 fully saturated rings. The molecule has 1 heterocycles. The SMILES string of the molecule is O=C(c1ccc(Cl)cc1)N1CCCc2cc(S(=O)(=O)NCCC3=CCCCC3)ccc21. The second-order valence-electron chi connectivity index (χ2n) is 8.11. The summed E-state index contributed by atoms with van der Waals surface area (Å²) in [4.78, 5) is 15.0. The van der Waals surface area contributed by atoms with Gasteiger partial charge in [0.15, 0.2) is 0 Å². The number of carbonyl (C=O) groups is 1. The molecule has 0 saturated carbocycles. The van der Waals surface area contributed by atoms with Gasteiger partial charge in [-0.25, -0.2) is 13.1 Å². The molecule has 0 aromatic heterocycles. The summed E-state index contributed by atoms with van der Waals surface area (Å²) in [6.07, 6.45) is 9.11. The molecule has 5 nitrogen and oxygen atoms in total. The Morgan fingerprint density at radius 1 is 1.03 bits per heavy atom. The fourth-order valence-corrected chi connectivity index (χ4v) is 5.47. The summed E-state index contributed by atoms with van der Waals surface area (Å²) in [5.41, 5.74) is 3.56. The predicted octanol–water partition coefficient (Wildman–Crippen LogP) is 5.10. The van der Waals surface area contributed by atoms with Gasteiger partial charge < -0.3 is 4.90 Å². The van der Waals surface area contributed by atoms with Crippen LogP contribution in [-0.4, -0.2) is 27.4 Å². The first-order valence-corrected chi connectivity index (χ1v) is 12.7. The summed E-state index contributed by atoms with van der Waals surface area (Å²) >= 11 is 5.93. The number of allylic oxidation sites excluding steroid dienone is 1. The quantitative estimate of drug-likeness (QED) is 0.612. The van der Waals surface area contributed by atoms with Gasteiger partial charge in [-0.1, -0.05) is 23.3 Å². The molecule has 164 valence electrons. The smallest absolute Gasteiger partial charge is 0.258 e. The van der Waals surface area contributed by atoms with Crippen LogP contribution < -0.4 is 9.62 Å². The van der Waals surface area contributed by atoms with Crippen molar-refractivity contribution in [3.8, 4) is 0 Å². The second-order valence-corrected chi connectivity index (χ2v) is 10.3. The van der Waals surface area contributed by atoms with Crippen LogP contribution in [-0.2, 0) is 16.4 Å². The lowest BCUT2D eigenvalue weighted by Gasteiger charge is -2.30. The summed E-state index contributed by atoms with van der Waals surface area (Å²) in [6, 6.07) is 11.9. The molecule has 2 aliphatic rings. The van der Waals surface area contributed by atoms with E-state index in [1.54, 1.807) is 47.4 Å². The second kappa shape index (κ2) is 9.55. The molecule has 1 amide bonds. The summed E-state index contributed by atoms with van der Waals surface area (Å²) in [5, 5.41) is 0.581. The Balaban J connectivity index is 1.48. The van der Waals surface area contributed by atoms with Gasteiger partial charge in [-0.15, -0.1) is 0 Å². The highest BCUT2D eigenvalue weighted by molar-refractivity contribution is 7.89. The molecule has 1 aliphatic heterocycles. The van der Waals surface area contributed by atoms with Crippen LogP contribution in [0.2, 0.25) is 5.02 Å². The zero-order valence-corrected chi connectivity index (χ0v) is 19.0. The highest BCUT2D eigenvalue weighted by atomic mass is 35.5. The van der Waals surface area contributed by atoms with Gasteiger partial charge in [-0.2, -0.15) is 0 Å². The van der Waals surface area contributed by atoms with Crippen molar-refractivity contribution in [2.24, 2.45) is 0 Å². The third-order valence-corrected chi connectivity index (χ3v) is 7.65. The van der Waals surface area contributed by atoms with E-state index in [9.17, 15) is 13.2 Å². The lowest BCUT2D eigenvalue weighted by molar-refractivity contribution is 0.0985. The first kappa shape index (κ1) is 22.1. The van der Waals surface area contributed by atoms with Crippen LogP contribution in [0.5, 0.6) is 0 Å². The standard InChI is InChI=1S/C24H27ClN2O3S/c25-21-10-8-19(9-11-21)24(28)27-16-4-7-20-17-22(12-13-23(20)27)31(29,30)26-15-14-18-5-2-1-3-6-18/h5,8-13,17,26H,1-4,6-7,14-16H2. The Bertz CT molecular complexity index is 1090. The fraction of sp³-hybridized carbons (Fsp3) is 0.375. The predicted molar refractivity (Wildman–Crippen MR) is 124 cm³/mol. The van der Waals surface area contributed by atoms with Gasteiger partial charge in [-0.3, -0.25) is 4.79 Å². The summed E-state index contributed by atoms with van der Waals surface area (Å²) in [6.45, 7) is 1.01. The van der Waals surface area contributed by atoms with Crippen molar-refractivity contribution in [2.75, 3.05) is 18.0 Å². The Morgan fingerprint density at radius 3 is 2.58 bits per heavy atom. The van der Waals surface area contributed by atoms with Gasteiger partial charge >= 0.3 is 0 Å². The van der Waals surface area contributed by atoms with Gasteiger partial charge in [0.25, 0.3) is 5.91 Å². The molecule has 0 saturated heterocycles. The Kier molecular flexibility index (Phi) is 6.80. The maximum atomic E-state index is 13.0. The first-order chi connectivity index (χ1) is 14.9. The number of nitrogens with zero attached hydrogens (tertiary/aromatic N) is 1. The van der Waals surface area contributed by atoms with Crippen LogP contribution in [0, 0.1) is 0 Å². The van der Waals surface area contributed by atoms with Crippen molar-refractivity contribution in [3.05, 3.63) is 70.3 Å². The van der Waals surface area contributed by atoms with Crippen LogP contribution in [0.1, 0.15) is 54.4 Å². The third kappa shape index (κ3) is 5.20. The van der Waals surface area contributed by atoms with E-state index in [-0.39, 0.29) is 10.8 Å². The van der Waals surface area contributed by atoms with Crippen LogP contribution >= 0.6 is 11.6 Å². The van der Waals surface area contributed by atoms with Crippen LogP contribution in [0.3, 0.4) is 0 Å². The highest BCUT2D eigenvalue weighted by Gasteiger charge is 2.25. The number of amides is 1. The number of anilines is 1. The van der Waals surface area contributed by atoms with Crippen molar-refractivity contribution in [3.63, 3.8) is 0 Å². The maximum Gasteiger partial charge on any atom is 0.258 e. The molecule has 0 spiro atoms. The largest absolute Gasteiger partial charge is 0.308 e. The van der Waals surface area contributed by atoms with E-state index in [4.69, 9.17) is 11.6 Å². The van der Waals surface area contributed by atoms with Crippen LogP contribution in [0.15, 0.2) is 59.0 Å². The van der Waals surface area contributed by atoms with Crippen molar-refractivity contribution in [2.45, 2.75) is 49.8 Å². The van der Waals surface area contributed by atoms with Gasteiger partial charge in [0.1, 0.15) is 0 Å². The minimum absolute atomic E-state index is 0.105. The zero-order valence-electron chi connectivity index (χ0n) is 17.4. The topological polar surface area (TPSA) is 66.5 Å². The van der Waals surface area contributed by atoms with E-state index < -0.39 is 10.0 Å². The van der Waals surface area contributed by atoms with Gasteiger partial charge in [-0.05, 0) is 93.0 Å². The number of hydrogen-bond donors (Lipinski definition) is 1. The first-order valence-electron chi connectivity index (χ1n) is 10.8. The van der Waals surface area contributed by atoms with E-state index in [1.165, 1.54) is 18.4 Å². The minimum Gasteiger partial charge on any atom is -0.308 e. The number of carbonyl (C=O) groups excluding carboxylic acids is 1. The fourth-order valence-electron chi connectivity index (χ4n) is 4.26. The van der Waals surface area contributed by atoms with Gasteiger partial charge in [0.05, 0.1) is 4.90 Å². The van der Waals surface area contributed by atoms with Gasteiger partial charge in [0.2, 0.25) is 10.0 Å². The van der Waals surface area contributed by atoms with E-state index >= 15 is 0 Å². The molecule has 0 unspecified atom stereocenters. The van der Waals surface area contributed by atoms with Crippen molar-refractivity contribution in [1.29, 1.82) is 0 Å². The van der Waals surface area contributed by atoms with Crippen molar-refractivity contribution in [1.82, 2.24) is 4.72 Å². The number of halogens is 1. The van der Waals surface area contributed by atoms with Gasteiger partial charge in [0, 0.05) is 29.4 Å². The molecule has 0 bridgehead atoms. The molecule has 4 rings (SSSR count). The zero-order chi connectivity index (χ0) is 21.8. The number of fused-ring (bicyclic) bond motifs is 1.